The third-order valence-electron chi connectivity index (χ3n) is 3.31. The first-order chi connectivity index (χ1) is 9.45. The van der Waals surface area contributed by atoms with Crippen molar-refractivity contribution in [1.82, 2.24) is 15.1 Å². The van der Waals surface area contributed by atoms with Gasteiger partial charge in [0.15, 0.2) is 0 Å². The van der Waals surface area contributed by atoms with E-state index in [1.165, 1.54) is 0 Å². The fourth-order valence-electron chi connectivity index (χ4n) is 2.34. The summed E-state index contributed by atoms with van der Waals surface area (Å²) in [5, 5.41) is 9.03. The van der Waals surface area contributed by atoms with E-state index in [1.54, 1.807) is 6.20 Å². The van der Waals surface area contributed by atoms with Crippen LogP contribution in [0.15, 0.2) is 24.4 Å². The second kappa shape index (κ2) is 6.17. The molecule has 0 bridgehead atoms. The molecular weight excluding hydrogens is 293 g/mol. The number of aryl methyl sites for hydroxylation is 1. The Kier molecular flexibility index (Phi) is 4.74. The van der Waals surface area contributed by atoms with Gasteiger partial charge in [-0.1, -0.05) is 35.3 Å². The van der Waals surface area contributed by atoms with Crippen molar-refractivity contribution < 1.29 is 0 Å². The lowest BCUT2D eigenvalue weighted by Gasteiger charge is -2.22. The Hall–Kier alpha value is -1.03. The average Bonchev–Trinajstić information content (AvgIpc) is 2.75. The van der Waals surface area contributed by atoms with E-state index in [4.69, 9.17) is 23.2 Å². The van der Waals surface area contributed by atoms with E-state index < -0.39 is 0 Å². The van der Waals surface area contributed by atoms with Crippen LogP contribution in [0.5, 0.6) is 0 Å². The predicted molar refractivity (Wildman–Crippen MR) is 84.7 cm³/mol. The Balaban J connectivity index is 2.55. The van der Waals surface area contributed by atoms with Crippen molar-refractivity contribution in [1.29, 1.82) is 0 Å². The predicted octanol–water partition coefficient (Wildman–Crippen LogP) is 4.39. The number of nitrogens with zero attached hydrogens (tertiary/aromatic N) is 2. The summed E-state index contributed by atoms with van der Waals surface area (Å²) < 4.78 is 1.93. The highest BCUT2D eigenvalue weighted by Crippen LogP contribution is 2.33. The molecule has 5 heteroatoms. The van der Waals surface area contributed by atoms with Gasteiger partial charge in [0.25, 0.3) is 0 Å². The van der Waals surface area contributed by atoms with E-state index in [9.17, 15) is 0 Å². The minimum atomic E-state index is -0.0829. The van der Waals surface area contributed by atoms with Crippen LogP contribution in [0.4, 0.5) is 0 Å². The van der Waals surface area contributed by atoms with Gasteiger partial charge in [0.2, 0.25) is 0 Å². The molecule has 2 aromatic rings. The van der Waals surface area contributed by atoms with Crippen LogP contribution in [-0.4, -0.2) is 16.8 Å². The molecule has 0 fully saturated rings. The molecule has 3 nitrogen and oxygen atoms in total. The van der Waals surface area contributed by atoms with E-state index in [-0.39, 0.29) is 12.1 Å². The summed E-state index contributed by atoms with van der Waals surface area (Å²) in [5.41, 5.74) is 3.08. The van der Waals surface area contributed by atoms with Gasteiger partial charge in [0, 0.05) is 11.1 Å². The van der Waals surface area contributed by atoms with E-state index in [0.717, 1.165) is 21.8 Å². The van der Waals surface area contributed by atoms with Crippen LogP contribution in [0.2, 0.25) is 10.0 Å². The molecule has 0 aliphatic rings. The first kappa shape index (κ1) is 15.4. The van der Waals surface area contributed by atoms with Gasteiger partial charge in [0.1, 0.15) is 0 Å². The maximum Gasteiger partial charge on any atom is 0.0837 e. The van der Waals surface area contributed by atoms with Crippen LogP contribution >= 0.6 is 23.2 Å². The normalized spacial score (nSPS) is 12.9. The number of aromatic nitrogens is 2. The first-order valence-corrected chi connectivity index (χ1v) is 7.37. The second-order valence-corrected chi connectivity index (χ2v) is 5.98. The van der Waals surface area contributed by atoms with Crippen LogP contribution in [0.25, 0.3) is 0 Å². The van der Waals surface area contributed by atoms with Gasteiger partial charge in [0.05, 0.1) is 23.0 Å². The Morgan fingerprint density at radius 1 is 1.20 bits per heavy atom. The lowest BCUT2D eigenvalue weighted by atomic mass is 10.0. The van der Waals surface area contributed by atoms with E-state index in [2.05, 4.69) is 30.3 Å². The third kappa shape index (κ3) is 2.85. The second-order valence-electron chi connectivity index (χ2n) is 5.16. The molecule has 1 aromatic heterocycles. The molecular formula is C15H19Cl2N3. The van der Waals surface area contributed by atoms with Crippen LogP contribution in [0.1, 0.15) is 42.8 Å². The third-order valence-corrected chi connectivity index (χ3v) is 3.92. The Bertz CT molecular complexity index is 605. The summed E-state index contributed by atoms with van der Waals surface area (Å²) >= 11 is 12.7. The van der Waals surface area contributed by atoms with Crippen LogP contribution < -0.4 is 5.32 Å². The first-order valence-electron chi connectivity index (χ1n) is 6.62. The van der Waals surface area contributed by atoms with Crippen molar-refractivity contribution in [3.05, 3.63) is 51.3 Å². The fraction of sp³-hybridized carbons (Fsp3) is 0.400. The summed E-state index contributed by atoms with van der Waals surface area (Å²) in [4.78, 5) is 0. The van der Waals surface area contributed by atoms with Crippen LogP contribution in [-0.2, 0) is 0 Å². The summed E-state index contributed by atoms with van der Waals surface area (Å²) in [6.07, 6.45) is 1.68. The summed E-state index contributed by atoms with van der Waals surface area (Å²) in [7, 11) is 1.90. The number of hydrogen-bond acceptors (Lipinski definition) is 2. The molecule has 1 aromatic carbocycles. The number of rotatable bonds is 4. The van der Waals surface area contributed by atoms with Gasteiger partial charge >= 0.3 is 0 Å². The molecule has 0 saturated carbocycles. The molecule has 1 unspecified atom stereocenters. The molecule has 1 heterocycles. The zero-order valence-corrected chi connectivity index (χ0v) is 13.6. The SMILES string of the molecule is CNC(c1ccc(C)cc1Cl)c1c(Cl)cnn1C(C)C. The molecule has 108 valence electrons. The number of nitrogens with one attached hydrogen (secondary N) is 1. The number of hydrogen-bond donors (Lipinski definition) is 1. The molecule has 1 N–H and O–H groups in total. The topological polar surface area (TPSA) is 29.9 Å². The minimum absolute atomic E-state index is 0.0829. The van der Waals surface area contributed by atoms with Crippen molar-refractivity contribution in [3.8, 4) is 0 Å². The standard InChI is InChI=1S/C15H19Cl2N3/c1-9(2)20-15(13(17)8-19-20)14(18-4)11-6-5-10(3)7-12(11)16/h5-9,14,18H,1-4H3. The molecule has 2 rings (SSSR count). The van der Waals surface area contributed by atoms with E-state index in [0.29, 0.717) is 5.02 Å². The van der Waals surface area contributed by atoms with Gasteiger partial charge < -0.3 is 5.32 Å². The molecule has 0 amide bonds. The van der Waals surface area contributed by atoms with Crippen LogP contribution in [0, 0.1) is 6.92 Å². The maximum atomic E-state index is 6.39. The van der Waals surface area contributed by atoms with Crippen molar-refractivity contribution >= 4 is 23.2 Å². The van der Waals surface area contributed by atoms with Gasteiger partial charge in [-0.15, -0.1) is 0 Å². The monoisotopic (exact) mass is 311 g/mol. The largest absolute Gasteiger partial charge is 0.308 e. The van der Waals surface area contributed by atoms with Crippen molar-refractivity contribution in [2.24, 2.45) is 0 Å². The Morgan fingerprint density at radius 3 is 2.45 bits per heavy atom. The highest BCUT2D eigenvalue weighted by atomic mass is 35.5. The smallest absolute Gasteiger partial charge is 0.0837 e. The summed E-state index contributed by atoms with van der Waals surface area (Å²) in [6, 6.07) is 6.20. The maximum absolute atomic E-state index is 6.39. The molecule has 0 spiro atoms. The van der Waals surface area contributed by atoms with E-state index >= 15 is 0 Å². The highest BCUT2D eigenvalue weighted by Gasteiger charge is 2.23. The van der Waals surface area contributed by atoms with Crippen LogP contribution in [0.3, 0.4) is 0 Å². The van der Waals surface area contributed by atoms with Crippen molar-refractivity contribution in [2.45, 2.75) is 32.9 Å². The average molecular weight is 312 g/mol. The molecule has 0 radical (unpaired) electrons. The molecule has 0 aliphatic heterocycles. The van der Waals surface area contributed by atoms with Gasteiger partial charge in [-0.3, -0.25) is 4.68 Å². The fourth-order valence-corrected chi connectivity index (χ4v) is 2.92. The van der Waals surface area contributed by atoms with E-state index in [1.807, 2.05) is 30.8 Å². The molecule has 0 saturated heterocycles. The quantitative estimate of drug-likeness (QED) is 0.907. The Labute approximate surface area is 129 Å². The van der Waals surface area contributed by atoms with Gasteiger partial charge in [-0.25, -0.2) is 0 Å². The van der Waals surface area contributed by atoms with Crippen molar-refractivity contribution in [2.75, 3.05) is 7.05 Å². The zero-order chi connectivity index (χ0) is 14.9. The van der Waals surface area contributed by atoms with Crippen molar-refractivity contribution in [3.63, 3.8) is 0 Å². The zero-order valence-electron chi connectivity index (χ0n) is 12.1. The number of halogens is 2. The summed E-state index contributed by atoms with van der Waals surface area (Å²) in [6.45, 7) is 6.18. The van der Waals surface area contributed by atoms with Gasteiger partial charge in [-0.2, -0.15) is 5.10 Å². The Morgan fingerprint density at radius 2 is 1.90 bits per heavy atom. The lowest BCUT2D eigenvalue weighted by molar-refractivity contribution is 0.484. The molecule has 20 heavy (non-hydrogen) atoms. The summed E-state index contributed by atoms with van der Waals surface area (Å²) in [5.74, 6) is 0. The van der Waals surface area contributed by atoms with Gasteiger partial charge in [-0.05, 0) is 45.0 Å². The number of benzene rings is 1. The minimum Gasteiger partial charge on any atom is -0.308 e. The lowest BCUT2D eigenvalue weighted by Crippen LogP contribution is -2.23. The molecule has 0 aliphatic carbocycles. The highest BCUT2D eigenvalue weighted by molar-refractivity contribution is 6.32. The molecule has 1 atom stereocenters.